The standard InChI is InChI=1S/C26H26ClN5O2/c1-26(2,3)34-25(33)32(20-8-6-9-20)21-13-10-19(11-14-21)31-24-22(23(27)29-17-30-24)15-12-18-7-4-5-16-28-18/h4-5,7,10-11,13-14,16-17,20H,6,8-9H2,1-3H3,(H,29,30,31). The van der Waals surface area contributed by atoms with Crippen molar-refractivity contribution in [3.8, 4) is 11.8 Å². The van der Waals surface area contributed by atoms with E-state index in [1.54, 1.807) is 11.1 Å². The smallest absolute Gasteiger partial charge is 0.415 e. The van der Waals surface area contributed by atoms with Gasteiger partial charge in [0.2, 0.25) is 0 Å². The lowest BCUT2D eigenvalue weighted by Gasteiger charge is -2.38. The average molecular weight is 476 g/mol. The van der Waals surface area contributed by atoms with Crippen LogP contribution < -0.4 is 10.2 Å². The van der Waals surface area contributed by atoms with Crippen LogP contribution in [0.25, 0.3) is 0 Å². The van der Waals surface area contributed by atoms with Crippen LogP contribution in [0.5, 0.6) is 0 Å². The van der Waals surface area contributed by atoms with Crippen molar-refractivity contribution < 1.29 is 9.53 Å². The number of carbonyl (C=O) groups excluding carboxylic acids is 1. The Balaban J connectivity index is 1.55. The largest absolute Gasteiger partial charge is 0.443 e. The Hall–Kier alpha value is -3.63. The highest BCUT2D eigenvalue weighted by Gasteiger charge is 2.33. The second-order valence-corrected chi connectivity index (χ2v) is 9.32. The van der Waals surface area contributed by atoms with Gasteiger partial charge in [-0.1, -0.05) is 23.6 Å². The molecule has 0 saturated heterocycles. The van der Waals surface area contributed by atoms with E-state index in [2.05, 4.69) is 32.1 Å². The molecule has 34 heavy (non-hydrogen) atoms. The number of nitrogens with zero attached hydrogens (tertiary/aromatic N) is 4. The topological polar surface area (TPSA) is 80.2 Å². The van der Waals surface area contributed by atoms with E-state index in [-0.39, 0.29) is 17.3 Å². The fraction of sp³-hybridized carbons (Fsp3) is 0.308. The Labute approximate surface area is 204 Å². The van der Waals surface area contributed by atoms with E-state index < -0.39 is 5.60 Å². The van der Waals surface area contributed by atoms with Crippen molar-refractivity contribution in [2.45, 2.75) is 51.7 Å². The summed E-state index contributed by atoms with van der Waals surface area (Å²) in [5.74, 6) is 6.48. The highest BCUT2D eigenvalue weighted by atomic mass is 35.5. The minimum Gasteiger partial charge on any atom is -0.443 e. The fourth-order valence-electron chi connectivity index (χ4n) is 3.40. The van der Waals surface area contributed by atoms with Crippen LogP contribution in [-0.4, -0.2) is 32.7 Å². The number of benzene rings is 1. The predicted octanol–water partition coefficient (Wildman–Crippen LogP) is 5.96. The maximum atomic E-state index is 12.9. The summed E-state index contributed by atoms with van der Waals surface area (Å²) in [5.41, 5.74) is 2.11. The summed E-state index contributed by atoms with van der Waals surface area (Å²) >= 11 is 6.30. The summed E-state index contributed by atoms with van der Waals surface area (Å²) in [7, 11) is 0. The van der Waals surface area contributed by atoms with Crippen LogP contribution in [0.3, 0.4) is 0 Å². The van der Waals surface area contributed by atoms with E-state index in [1.807, 2.05) is 63.2 Å². The molecule has 0 atom stereocenters. The third-order valence-corrected chi connectivity index (χ3v) is 5.51. The van der Waals surface area contributed by atoms with Gasteiger partial charge >= 0.3 is 6.09 Å². The van der Waals surface area contributed by atoms with Crippen LogP contribution in [0.2, 0.25) is 5.15 Å². The van der Waals surface area contributed by atoms with Crippen LogP contribution in [0.15, 0.2) is 55.0 Å². The molecular weight excluding hydrogens is 450 g/mol. The number of pyridine rings is 1. The molecule has 0 unspecified atom stereocenters. The minimum absolute atomic E-state index is 0.155. The SMILES string of the molecule is CC(C)(C)OC(=O)N(c1ccc(Nc2ncnc(Cl)c2C#Cc2ccccn2)cc1)C1CCC1. The van der Waals surface area contributed by atoms with Gasteiger partial charge in [0.25, 0.3) is 0 Å². The zero-order valence-electron chi connectivity index (χ0n) is 19.4. The molecule has 174 valence electrons. The number of anilines is 3. The summed E-state index contributed by atoms with van der Waals surface area (Å²) in [4.78, 5) is 27.2. The first-order valence-electron chi connectivity index (χ1n) is 11.1. The lowest BCUT2D eigenvalue weighted by molar-refractivity contribution is 0.0549. The molecule has 0 aliphatic heterocycles. The maximum absolute atomic E-state index is 12.9. The quantitative estimate of drug-likeness (QED) is 0.370. The normalized spacial score (nSPS) is 13.3. The van der Waals surface area contributed by atoms with Gasteiger partial charge in [0.1, 0.15) is 28.3 Å². The summed E-state index contributed by atoms with van der Waals surface area (Å²) in [6.45, 7) is 5.62. The van der Waals surface area contributed by atoms with Crippen molar-refractivity contribution in [3.05, 3.63) is 71.4 Å². The van der Waals surface area contributed by atoms with Crippen molar-refractivity contribution in [1.82, 2.24) is 15.0 Å². The number of carbonyl (C=O) groups is 1. The minimum atomic E-state index is -0.556. The molecule has 2 heterocycles. The second kappa shape index (κ2) is 10.1. The Morgan fingerprint density at radius 3 is 2.47 bits per heavy atom. The molecule has 1 saturated carbocycles. The molecule has 7 nitrogen and oxygen atoms in total. The summed E-state index contributed by atoms with van der Waals surface area (Å²) < 4.78 is 5.65. The summed E-state index contributed by atoms with van der Waals surface area (Å²) in [5, 5.41) is 3.50. The number of amides is 1. The molecule has 1 amide bonds. The molecule has 4 rings (SSSR count). The monoisotopic (exact) mass is 475 g/mol. The highest BCUT2D eigenvalue weighted by Crippen LogP contribution is 2.32. The molecule has 1 aromatic carbocycles. The molecule has 1 aliphatic carbocycles. The van der Waals surface area contributed by atoms with E-state index in [4.69, 9.17) is 16.3 Å². The number of halogens is 1. The first-order valence-corrected chi connectivity index (χ1v) is 11.5. The van der Waals surface area contributed by atoms with Gasteiger partial charge in [0.15, 0.2) is 5.82 Å². The lowest BCUT2D eigenvalue weighted by atomic mass is 9.91. The molecule has 1 fully saturated rings. The Morgan fingerprint density at radius 1 is 1.09 bits per heavy atom. The van der Waals surface area contributed by atoms with Gasteiger partial charge < -0.3 is 10.1 Å². The van der Waals surface area contributed by atoms with E-state index in [9.17, 15) is 4.79 Å². The van der Waals surface area contributed by atoms with Gasteiger partial charge in [-0.15, -0.1) is 0 Å². The number of rotatable bonds is 4. The number of hydrogen-bond donors (Lipinski definition) is 1. The molecule has 0 spiro atoms. The molecular formula is C26H26ClN5O2. The van der Waals surface area contributed by atoms with Gasteiger partial charge in [-0.25, -0.2) is 19.7 Å². The number of nitrogens with one attached hydrogen (secondary N) is 1. The van der Waals surface area contributed by atoms with Gasteiger partial charge in [-0.2, -0.15) is 0 Å². The number of hydrogen-bond acceptors (Lipinski definition) is 6. The molecule has 1 N–H and O–H groups in total. The van der Waals surface area contributed by atoms with Crippen molar-refractivity contribution in [3.63, 3.8) is 0 Å². The Bertz CT molecular complexity index is 1210. The molecule has 8 heteroatoms. The second-order valence-electron chi connectivity index (χ2n) is 8.96. The third kappa shape index (κ3) is 5.83. The van der Waals surface area contributed by atoms with Crippen LogP contribution in [0.4, 0.5) is 22.0 Å². The molecule has 3 aromatic rings. The lowest BCUT2D eigenvalue weighted by Crippen LogP contribution is -2.46. The number of aromatic nitrogens is 3. The molecule has 0 radical (unpaired) electrons. The zero-order chi connectivity index (χ0) is 24.1. The third-order valence-electron chi connectivity index (χ3n) is 5.22. The Kier molecular flexibility index (Phi) is 6.99. The fourth-order valence-corrected chi connectivity index (χ4v) is 3.58. The van der Waals surface area contributed by atoms with Crippen LogP contribution >= 0.6 is 11.6 Å². The van der Waals surface area contributed by atoms with E-state index >= 15 is 0 Å². The maximum Gasteiger partial charge on any atom is 0.415 e. The summed E-state index contributed by atoms with van der Waals surface area (Å²) in [6.07, 6.45) is 5.78. The van der Waals surface area contributed by atoms with Gasteiger partial charge in [0.05, 0.1) is 0 Å². The zero-order valence-corrected chi connectivity index (χ0v) is 20.1. The van der Waals surface area contributed by atoms with Crippen LogP contribution in [-0.2, 0) is 4.74 Å². The predicted molar refractivity (Wildman–Crippen MR) is 133 cm³/mol. The van der Waals surface area contributed by atoms with E-state index in [0.29, 0.717) is 17.1 Å². The highest BCUT2D eigenvalue weighted by molar-refractivity contribution is 6.30. The number of ether oxygens (including phenoxy) is 1. The van der Waals surface area contributed by atoms with Crippen molar-refractivity contribution in [2.24, 2.45) is 0 Å². The van der Waals surface area contributed by atoms with Crippen LogP contribution in [0.1, 0.15) is 51.3 Å². The summed E-state index contributed by atoms with van der Waals surface area (Å²) in [6, 6.07) is 13.2. The van der Waals surface area contributed by atoms with Gasteiger partial charge in [0, 0.05) is 23.6 Å². The van der Waals surface area contributed by atoms with Crippen molar-refractivity contribution in [2.75, 3.05) is 10.2 Å². The average Bonchev–Trinajstić information content (AvgIpc) is 2.76. The van der Waals surface area contributed by atoms with Gasteiger partial charge in [-0.05, 0) is 82.4 Å². The van der Waals surface area contributed by atoms with Gasteiger partial charge in [-0.3, -0.25) is 4.90 Å². The molecule has 0 bridgehead atoms. The van der Waals surface area contributed by atoms with E-state index in [1.165, 1.54) is 6.33 Å². The first-order chi connectivity index (χ1) is 16.3. The van der Waals surface area contributed by atoms with Crippen LogP contribution in [0, 0.1) is 11.8 Å². The Morgan fingerprint density at radius 2 is 1.85 bits per heavy atom. The molecule has 2 aromatic heterocycles. The van der Waals surface area contributed by atoms with E-state index in [0.717, 1.165) is 30.6 Å². The van der Waals surface area contributed by atoms with Crippen molar-refractivity contribution >= 4 is 34.9 Å². The van der Waals surface area contributed by atoms with Crippen molar-refractivity contribution in [1.29, 1.82) is 0 Å². The first kappa shape index (κ1) is 23.5. The molecule has 1 aliphatic rings.